The monoisotopic (exact) mass is 244 g/mol. The fourth-order valence-corrected chi connectivity index (χ4v) is 4.51. The van der Waals surface area contributed by atoms with Crippen LogP contribution in [0.4, 0.5) is 0 Å². The summed E-state index contributed by atoms with van der Waals surface area (Å²) in [6, 6.07) is 1.90. The summed E-state index contributed by atoms with van der Waals surface area (Å²) in [6.45, 7) is 3.99. The van der Waals surface area contributed by atoms with E-state index in [1.54, 1.807) is 26.4 Å². The Labute approximate surface area is 100 Å². The van der Waals surface area contributed by atoms with Crippen molar-refractivity contribution in [3.63, 3.8) is 0 Å². The van der Waals surface area contributed by atoms with Crippen LogP contribution in [0.5, 0.6) is 0 Å². The lowest BCUT2D eigenvalue weighted by Gasteiger charge is -2.26. The zero-order valence-electron chi connectivity index (χ0n) is 10.9. The fourth-order valence-electron chi connectivity index (χ4n) is 1.80. The van der Waals surface area contributed by atoms with E-state index in [4.69, 9.17) is 8.85 Å². The molecule has 16 heavy (non-hydrogen) atoms. The fraction of sp³-hybridized carbons (Fsp3) is 0.750. The van der Waals surface area contributed by atoms with Crippen LogP contribution in [0.25, 0.3) is 0 Å². The van der Waals surface area contributed by atoms with Crippen molar-refractivity contribution in [1.82, 2.24) is 0 Å². The first-order valence-electron chi connectivity index (χ1n) is 5.90. The number of hydrogen-bond donors (Lipinski definition) is 0. The average Bonchev–Trinajstić information content (AvgIpc) is 2.28. The van der Waals surface area contributed by atoms with Crippen molar-refractivity contribution in [3.8, 4) is 0 Å². The van der Waals surface area contributed by atoms with E-state index in [1.807, 2.05) is 6.92 Å². The summed E-state index contributed by atoms with van der Waals surface area (Å²) in [5.41, 5.74) is 0. The standard InChI is InChI=1S/C12H24O3Si/c1-5-8-12(13)9-7-11-16(14-3,15-4)10-6-2/h5,8H,6-7,9-11H2,1-4H3. The maximum absolute atomic E-state index is 11.3. The maximum Gasteiger partial charge on any atom is 0.337 e. The Morgan fingerprint density at radius 2 is 1.88 bits per heavy atom. The van der Waals surface area contributed by atoms with Crippen LogP contribution >= 0.6 is 0 Å². The maximum atomic E-state index is 11.3. The zero-order chi connectivity index (χ0) is 12.4. The van der Waals surface area contributed by atoms with Gasteiger partial charge in [-0.15, -0.1) is 0 Å². The Balaban J connectivity index is 4.06. The quantitative estimate of drug-likeness (QED) is 0.462. The summed E-state index contributed by atoms with van der Waals surface area (Å²) in [4.78, 5) is 11.3. The predicted molar refractivity (Wildman–Crippen MR) is 68.7 cm³/mol. The molecule has 4 heteroatoms. The molecule has 0 unspecified atom stereocenters. The van der Waals surface area contributed by atoms with Gasteiger partial charge in [0.15, 0.2) is 5.78 Å². The van der Waals surface area contributed by atoms with Crippen LogP contribution in [0.2, 0.25) is 12.1 Å². The molecule has 0 N–H and O–H groups in total. The van der Waals surface area contributed by atoms with Crippen molar-refractivity contribution in [2.24, 2.45) is 0 Å². The van der Waals surface area contributed by atoms with Crippen LogP contribution in [-0.2, 0) is 13.6 Å². The molecule has 0 bridgehead atoms. The number of ketones is 1. The molecule has 0 amide bonds. The third-order valence-corrected chi connectivity index (χ3v) is 6.57. The summed E-state index contributed by atoms with van der Waals surface area (Å²) >= 11 is 0. The summed E-state index contributed by atoms with van der Waals surface area (Å²) in [5.74, 6) is 0.189. The van der Waals surface area contributed by atoms with E-state index in [-0.39, 0.29) is 5.78 Å². The minimum Gasteiger partial charge on any atom is -0.398 e. The minimum atomic E-state index is -2.01. The van der Waals surface area contributed by atoms with Gasteiger partial charge in [-0.05, 0) is 31.5 Å². The molecular weight excluding hydrogens is 220 g/mol. The molecule has 0 fully saturated rings. The molecule has 0 spiro atoms. The van der Waals surface area contributed by atoms with Crippen molar-refractivity contribution in [1.29, 1.82) is 0 Å². The SMILES string of the molecule is CC=CC(=O)CCC[Si](CCC)(OC)OC. The molecule has 0 saturated heterocycles. The number of rotatable bonds is 9. The Kier molecular flexibility index (Phi) is 8.43. The van der Waals surface area contributed by atoms with E-state index in [1.165, 1.54) is 0 Å². The molecule has 0 heterocycles. The molecule has 94 valence electrons. The zero-order valence-corrected chi connectivity index (χ0v) is 11.9. The van der Waals surface area contributed by atoms with Crippen LogP contribution in [0.3, 0.4) is 0 Å². The van der Waals surface area contributed by atoms with Gasteiger partial charge < -0.3 is 8.85 Å². The molecule has 0 atom stereocenters. The Bertz CT molecular complexity index is 222. The van der Waals surface area contributed by atoms with Crippen molar-refractivity contribution in [2.45, 2.75) is 45.2 Å². The van der Waals surface area contributed by atoms with Gasteiger partial charge in [0.25, 0.3) is 0 Å². The third-order valence-electron chi connectivity index (χ3n) is 2.71. The predicted octanol–water partition coefficient (Wildman–Crippen LogP) is 3.06. The largest absolute Gasteiger partial charge is 0.398 e. The van der Waals surface area contributed by atoms with Gasteiger partial charge in [-0.25, -0.2) is 0 Å². The highest BCUT2D eigenvalue weighted by Gasteiger charge is 2.33. The smallest absolute Gasteiger partial charge is 0.337 e. The van der Waals surface area contributed by atoms with Crippen LogP contribution in [0.1, 0.15) is 33.1 Å². The molecule has 3 nitrogen and oxygen atoms in total. The normalized spacial score (nSPS) is 12.2. The van der Waals surface area contributed by atoms with Gasteiger partial charge in [0, 0.05) is 20.6 Å². The van der Waals surface area contributed by atoms with Crippen molar-refractivity contribution in [2.75, 3.05) is 14.2 Å². The molecule has 0 rings (SSSR count). The molecular formula is C12H24O3Si. The van der Waals surface area contributed by atoms with E-state index in [2.05, 4.69) is 6.92 Å². The van der Waals surface area contributed by atoms with Gasteiger partial charge in [-0.1, -0.05) is 19.4 Å². The van der Waals surface area contributed by atoms with Gasteiger partial charge in [0.2, 0.25) is 0 Å². The van der Waals surface area contributed by atoms with Gasteiger partial charge >= 0.3 is 8.56 Å². The van der Waals surface area contributed by atoms with Crippen LogP contribution < -0.4 is 0 Å². The summed E-state index contributed by atoms with van der Waals surface area (Å²) in [7, 11) is 1.43. The molecule has 0 aromatic rings. The second-order valence-corrected chi connectivity index (χ2v) is 7.53. The first-order valence-corrected chi connectivity index (χ1v) is 8.13. The van der Waals surface area contributed by atoms with Crippen molar-refractivity contribution >= 4 is 14.3 Å². The van der Waals surface area contributed by atoms with E-state index >= 15 is 0 Å². The minimum absolute atomic E-state index is 0.189. The number of allylic oxidation sites excluding steroid dienone is 2. The van der Waals surface area contributed by atoms with E-state index in [0.29, 0.717) is 6.42 Å². The number of carbonyl (C=O) groups excluding carboxylic acids is 1. The third kappa shape index (κ3) is 5.58. The summed E-state index contributed by atoms with van der Waals surface area (Å²) in [6.07, 6.45) is 5.93. The topological polar surface area (TPSA) is 35.5 Å². The highest BCUT2D eigenvalue weighted by atomic mass is 28.4. The highest BCUT2D eigenvalue weighted by molar-refractivity contribution is 6.67. The molecule has 0 aliphatic rings. The van der Waals surface area contributed by atoms with E-state index in [9.17, 15) is 4.79 Å². The van der Waals surface area contributed by atoms with Gasteiger partial charge in [0.1, 0.15) is 0 Å². The summed E-state index contributed by atoms with van der Waals surface area (Å²) < 4.78 is 11.1. The molecule has 0 aromatic carbocycles. The van der Waals surface area contributed by atoms with E-state index in [0.717, 1.165) is 24.9 Å². The lowest BCUT2D eigenvalue weighted by atomic mass is 10.2. The van der Waals surface area contributed by atoms with Crippen molar-refractivity contribution < 1.29 is 13.6 Å². The number of hydrogen-bond acceptors (Lipinski definition) is 3. The summed E-state index contributed by atoms with van der Waals surface area (Å²) in [5, 5.41) is 0. The van der Waals surface area contributed by atoms with Crippen LogP contribution in [-0.4, -0.2) is 28.6 Å². The lowest BCUT2D eigenvalue weighted by Crippen LogP contribution is -2.39. The molecule has 0 radical (unpaired) electrons. The van der Waals surface area contributed by atoms with E-state index < -0.39 is 8.56 Å². The molecule has 0 aliphatic heterocycles. The number of carbonyl (C=O) groups is 1. The highest BCUT2D eigenvalue weighted by Crippen LogP contribution is 2.22. The first kappa shape index (κ1) is 15.5. The Hall–Kier alpha value is -0.453. The van der Waals surface area contributed by atoms with Gasteiger partial charge in [-0.2, -0.15) is 0 Å². The van der Waals surface area contributed by atoms with Gasteiger partial charge in [0.05, 0.1) is 0 Å². The average molecular weight is 244 g/mol. The lowest BCUT2D eigenvalue weighted by molar-refractivity contribution is -0.114. The second-order valence-electron chi connectivity index (χ2n) is 3.89. The van der Waals surface area contributed by atoms with Crippen LogP contribution in [0, 0.1) is 0 Å². The van der Waals surface area contributed by atoms with Gasteiger partial charge in [-0.3, -0.25) is 4.79 Å². The molecule has 0 saturated carbocycles. The van der Waals surface area contributed by atoms with Crippen LogP contribution in [0.15, 0.2) is 12.2 Å². The Morgan fingerprint density at radius 1 is 1.25 bits per heavy atom. The molecule has 0 aliphatic carbocycles. The first-order chi connectivity index (χ1) is 7.64. The molecule has 0 aromatic heterocycles. The second kappa shape index (κ2) is 8.67. The van der Waals surface area contributed by atoms with Crippen molar-refractivity contribution in [3.05, 3.63) is 12.2 Å². The Morgan fingerprint density at radius 3 is 2.31 bits per heavy atom.